The van der Waals surface area contributed by atoms with Crippen LogP contribution in [0.2, 0.25) is 5.02 Å². The number of benzene rings is 3. The Kier molecular flexibility index (Phi) is 5.50. The van der Waals surface area contributed by atoms with Crippen molar-refractivity contribution < 1.29 is 9.53 Å². The summed E-state index contributed by atoms with van der Waals surface area (Å²) in [4.78, 5) is 28.8. The van der Waals surface area contributed by atoms with Crippen LogP contribution in [0.5, 0.6) is 5.75 Å². The molecule has 4 aromatic rings. The zero-order valence-corrected chi connectivity index (χ0v) is 16.9. The molecule has 30 heavy (non-hydrogen) atoms. The van der Waals surface area contributed by atoms with Crippen molar-refractivity contribution >= 4 is 34.4 Å². The molecule has 1 heterocycles. The molecule has 148 valence electrons. The lowest BCUT2D eigenvalue weighted by atomic mass is 9.94. The highest BCUT2D eigenvalue weighted by Gasteiger charge is 2.19. The van der Waals surface area contributed by atoms with E-state index in [0.29, 0.717) is 16.1 Å². The number of fused-ring (bicyclic) bond motifs is 1. The van der Waals surface area contributed by atoms with Gasteiger partial charge < -0.3 is 9.72 Å². The van der Waals surface area contributed by atoms with Crippen molar-refractivity contribution in [3.05, 3.63) is 105 Å². The molecule has 1 aromatic heterocycles. The number of H-pyrrole nitrogens is 1. The van der Waals surface area contributed by atoms with Crippen LogP contribution in [0.15, 0.2) is 83.7 Å². The van der Waals surface area contributed by atoms with Crippen LogP contribution in [-0.4, -0.2) is 17.9 Å². The summed E-state index contributed by atoms with van der Waals surface area (Å²) in [5, 5.41) is 1.24. The third-order valence-electron chi connectivity index (χ3n) is 4.83. The summed E-state index contributed by atoms with van der Waals surface area (Å²) in [6.07, 6.45) is 3.09. The van der Waals surface area contributed by atoms with Gasteiger partial charge in [0.2, 0.25) is 0 Å². The highest BCUT2D eigenvalue weighted by molar-refractivity contribution is 6.31. The number of allylic oxidation sites excluding steroid dienone is 1. The molecule has 0 saturated carbocycles. The van der Waals surface area contributed by atoms with E-state index < -0.39 is 5.56 Å². The lowest BCUT2D eigenvalue weighted by Gasteiger charge is -2.11. The standard InChI is InChI=1S/C25H18ClNO3/c1-30-19-11-7-16(8-12-19)9-14-22(28)24-23(17-5-3-2-4-6-17)20-15-18(26)10-13-21(20)27-25(24)29/h2-15H,1H3,(H,27,29). The van der Waals surface area contributed by atoms with Gasteiger partial charge in [-0.15, -0.1) is 0 Å². The summed E-state index contributed by atoms with van der Waals surface area (Å²) in [7, 11) is 1.59. The summed E-state index contributed by atoms with van der Waals surface area (Å²) in [6.45, 7) is 0. The first-order valence-corrected chi connectivity index (χ1v) is 9.72. The van der Waals surface area contributed by atoms with Crippen LogP contribution in [-0.2, 0) is 0 Å². The van der Waals surface area contributed by atoms with Crippen molar-refractivity contribution in [1.29, 1.82) is 0 Å². The Labute approximate surface area is 178 Å². The van der Waals surface area contributed by atoms with Gasteiger partial charge in [0.15, 0.2) is 5.78 Å². The van der Waals surface area contributed by atoms with E-state index in [1.54, 1.807) is 31.4 Å². The molecular weight excluding hydrogens is 398 g/mol. The molecule has 0 fully saturated rings. The molecule has 0 amide bonds. The molecule has 1 N–H and O–H groups in total. The molecule has 0 saturated heterocycles. The number of aromatic amines is 1. The van der Waals surface area contributed by atoms with Crippen molar-refractivity contribution in [2.75, 3.05) is 7.11 Å². The number of halogens is 1. The second-order valence-corrected chi connectivity index (χ2v) is 7.17. The van der Waals surface area contributed by atoms with E-state index in [9.17, 15) is 9.59 Å². The minimum Gasteiger partial charge on any atom is -0.497 e. The molecule has 0 atom stereocenters. The van der Waals surface area contributed by atoms with Gasteiger partial charge in [-0.3, -0.25) is 9.59 Å². The maximum atomic E-state index is 13.1. The normalized spacial score (nSPS) is 11.1. The van der Waals surface area contributed by atoms with Crippen LogP contribution in [0.4, 0.5) is 0 Å². The third kappa shape index (κ3) is 3.91. The highest BCUT2D eigenvalue weighted by Crippen LogP contribution is 2.31. The monoisotopic (exact) mass is 415 g/mol. The van der Waals surface area contributed by atoms with Gasteiger partial charge in [0.1, 0.15) is 5.75 Å². The van der Waals surface area contributed by atoms with Gasteiger partial charge in [0.05, 0.1) is 12.7 Å². The van der Waals surface area contributed by atoms with Gasteiger partial charge in [-0.2, -0.15) is 0 Å². The molecule has 5 heteroatoms. The smallest absolute Gasteiger partial charge is 0.260 e. The number of aromatic nitrogens is 1. The number of ketones is 1. The second kappa shape index (κ2) is 8.39. The van der Waals surface area contributed by atoms with Gasteiger partial charge >= 0.3 is 0 Å². The average molecular weight is 416 g/mol. The van der Waals surface area contributed by atoms with E-state index in [4.69, 9.17) is 16.3 Å². The molecule has 4 rings (SSSR count). The fourth-order valence-electron chi connectivity index (χ4n) is 3.38. The molecule has 0 aliphatic heterocycles. The number of pyridine rings is 1. The largest absolute Gasteiger partial charge is 0.497 e. The molecule has 0 radical (unpaired) electrons. The van der Waals surface area contributed by atoms with Gasteiger partial charge in [0.25, 0.3) is 5.56 Å². The molecule has 3 aromatic carbocycles. The first kappa shape index (κ1) is 19.7. The number of ether oxygens (including phenoxy) is 1. The van der Waals surface area contributed by atoms with Crippen LogP contribution in [0, 0.1) is 0 Å². The molecular formula is C25H18ClNO3. The van der Waals surface area contributed by atoms with Crippen LogP contribution >= 0.6 is 11.6 Å². The number of carbonyl (C=O) groups is 1. The third-order valence-corrected chi connectivity index (χ3v) is 5.06. The van der Waals surface area contributed by atoms with Crippen molar-refractivity contribution in [3.63, 3.8) is 0 Å². The first-order valence-electron chi connectivity index (χ1n) is 9.34. The van der Waals surface area contributed by atoms with Crippen LogP contribution < -0.4 is 10.3 Å². The van der Waals surface area contributed by atoms with E-state index >= 15 is 0 Å². The SMILES string of the molecule is COc1ccc(C=CC(=O)c2c(-c3ccccc3)c3cc(Cl)ccc3[nH]c2=O)cc1. The molecule has 4 nitrogen and oxygen atoms in total. The summed E-state index contributed by atoms with van der Waals surface area (Å²) in [6, 6.07) is 21.9. The predicted octanol–water partition coefficient (Wildman–Crippen LogP) is 5.75. The fraction of sp³-hybridized carbons (Fsp3) is 0.0400. The van der Waals surface area contributed by atoms with Gasteiger partial charge in [0, 0.05) is 21.5 Å². The maximum Gasteiger partial charge on any atom is 0.260 e. The molecule has 0 unspecified atom stereocenters. The number of rotatable bonds is 5. The summed E-state index contributed by atoms with van der Waals surface area (Å²) in [5.74, 6) is 0.348. The summed E-state index contributed by atoms with van der Waals surface area (Å²) in [5.41, 5.74) is 2.44. The summed E-state index contributed by atoms with van der Waals surface area (Å²) < 4.78 is 5.15. The van der Waals surface area contributed by atoms with Crippen LogP contribution in [0.1, 0.15) is 15.9 Å². The highest BCUT2D eigenvalue weighted by atomic mass is 35.5. The number of hydrogen-bond donors (Lipinski definition) is 1. The van der Waals surface area contributed by atoms with Crippen molar-refractivity contribution in [3.8, 4) is 16.9 Å². The molecule has 0 bridgehead atoms. The van der Waals surface area contributed by atoms with Gasteiger partial charge in [-0.1, -0.05) is 60.1 Å². The summed E-state index contributed by atoms with van der Waals surface area (Å²) >= 11 is 6.21. The quantitative estimate of drug-likeness (QED) is 0.333. The Balaban J connectivity index is 1.87. The Morgan fingerprint density at radius 2 is 1.73 bits per heavy atom. The topological polar surface area (TPSA) is 59.2 Å². The van der Waals surface area contributed by atoms with Crippen molar-refractivity contribution in [2.24, 2.45) is 0 Å². The maximum absolute atomic E-state index is 13.1. The van der Waals surface area contributed by atoms with Crippen molar-refractivity contribution in [1.82, 2.24) is 4.98 Å². The van der Waals surface area contributed by atoms with Crippen LogP contribution in [0.3, 0.4) is 0 Å². The number of methoxy groups -OCH3 is 1. The van der Waals surface area contributed by atoms with E-state index in [1.807, 2.05) is 54.6 Å². The first-order chi connectivity index (χ1) is 14.6. The van der Waals surface area contributed by atoms with Crippen LogP contribution in [0.25, 0.3) is 28.1 Å². The van der Waals surface area contributed by atoms with E-state index in [1.165, 1.54) is 6.08 Å². The van der Waals surface area contributed by atoms with Crippen molar-refractivity contribution in [2.45, 2.75) is 0 Å². The zero-order chi connectivity index (χ0) is 21.1. The number of hydrogen-bond acceptors (Lipinski definition) is 3. The average Bonchev–Trinajstić information content (AvgIpc) is 2.78. The van der Waals surface area contributed by atoms with E-state index in [0.717, 1.165) is 22.3 Å². The lowest BCUT2D eigenvalue weighted by Crippen LogP contribution is -2.18. The molecule has 0 aliphatic carbocycles. The number of nitrogens with one attached hydrogen (secondary N) is 1. The second-order valence-electron chi connectivity index (χ2n) is 6.73. The Bertz CT molecular complexity index is 1310. The number of carbonyl (C=O) groups excluding carboxylic acids is 1. The molecule has 0 aliphatic rings. The molecule has 0 spiro atoms. The Morgan fingerprint density at radius 3 is 2.43 bits per heavy atom. The zero-order valence-electron chi connectivity index (χ0n) is 16.2. The van der Waals surface area contributed by atoms with E-state index in [2.05, 4.69) is 4.98 Å². The minimum atomic E-state index is -0.437. The van der Waals surface area contributed by atoms with Gasteiger partial charge in [-0.05, 0) is 47.5 Å². The van der Waals surface area contributed by atoms with E-state index in [-0.39, 0.29) is 11.3 Å². The minimum absolute atomic E-state index is 0.0840. The Morgan fingerprint density at radius 1 is 1.00 bits per heavy atom. The lowest BCUT2D eigenvalue weighted by molar-refractivity contribution is 0.104. The Hall–Kier alpha value is -3.63. The fourth-order valence-corrected chi connectivity index (χ4v) is 3.55. The predicted molar refractivity (Wildman–Crippen MR) is 121 cm³/mol. The van der Waals surface area contributed by atoms with Gasteiger partial charge in [-0.25, -0.2) is 0 Å².